The van der Waals surface area contributed by atoms with Crippen molar-refractivity contribution in [3.05, 3.63) is 48.5 Å². The molecule has 0 spiro atoms. The standard InChI is InChI=1S/C28H39N7/c1-21(2)34-16-14-33(15-17-34)13-10-30-24-8-11-35(12-9-24)26-5-3-4-22(19-26)28-20-23-18-25(32-29)6-7-27(23)31-28/h3-7,18-21,24,29-31H,8-17H2,1-2H3. The maximum atomic E-state index is 7.25. The summed E-state index contributed by atoms with van der Waals surface area (Å²) in [5.74, 6) is 0. The molecule has 0 amide bonds. The molecule has 0 bridgehead atoms. The topological polar surface area (TPSA) is 73.8 Å². The number of hydrogen-bond acceptors (Lipinski definition) is 6. The maximum Gasteiger partial charge on any atom is 0.0857 e. The van der Waals surface area contributed by atoms with Crippen LogP contribution < -0.4 is 10.2 Å². The lowest BCUT2D eigenvalue weighted by Crippen LogP contribution is -2.51. The lowest BCUT2D eigenvalue weighted by Gasteiger charge is -2.37. The first-order valence-electron chi connectivity index (χ1n) is 13.1. The molecule has 2 aliphatic heterocycles. The highest BCUT2D eigenvalue weighted by Crippen LogP contribution is 2.30. The molecule has 3 heterocycles. The highest BCUT2D eigenvalue weighted by Gasteiger charge is 2.21. The second-order valence-electron chi connectivity index (χ2n) is 10.3. The molecule has 0 saturated carbocycles. The Labute approximate surface area is 209 Å². The number of piperidine rings is 1. The molecular formula is C28H39N7. The highest BCUT2D eigenvalue weighted by atomic mass is 15.3. The number of nitrogens with one attached hydrogen (secondary N) is 3. The summed E-state index contributed by atoms with van der Waals surface area (Å²) in [5.41, 5.74) is 12.6. The van der Waals surface area contributed by atoms with Gasteiger partial charge < -0.3 is 15.2 Å². The van der Waals surface area contributed by atoms with E-state index in [9.17, 15) is 0 Å². The van der Waals surface area contributed by atoms with Gasteiger partial charge >= 0.3 is 0 Å². The minimum atomic E-state index is 0.622. The Morgan fingerprint density at radius 3 is 2.54 bits per heavy atom. The van der Waals surface area contributed by atoms with Crippen LogP contribution in [-0.4, -0.2) is 79.2 Å². The summed E-state index contributed by atoms with van der Waals surface area (Å²) >= 11 is 0. The van der Waals surface area contributed by atoms with Gasteiger partial charge in [-0.25, -0.2) is 5.53 Å². The van der Waals surface area contributed by atoms with Crippen LogP contribution in [0.4, 0.5) is 11.4 Å². The fourth-order valence-electron chi connectivity index (χ4n) is 5.49. The molecule has 186 valence electrons. The molecule has 0 radical (unpaired) electrons. The van der Waals surface area contributed by atoms with E-state index in [0.29, 0.717) is 17.8 Å². The third-order valence-corrected chi connectivity index (χ3v) is 7.75. The Morgan fingerprint density at radius 2 is 1.80 bits per heavy atom. The SMILES string of the molecule is CC(C)N1CCN(CCNC2CCN(c3cccc(-c4cc5cc(N=N)ccc5[nH]4)c3)CC2)CC1. The van der Waals surface area contributed by atoms with Crippen molar-refractivity contribution in [2.24, 2.45) is 5.11 Å². The minimum absolute atomic E-state index is 0.622. The Balaban J connectivity index is 1.11. The number of rotatable bonds is 8. The average molecular weight is 474 g/mol. The van der Waals surface area contributed by atoms with Gasteiger partial charge in [0.2, 0.25) is 0 Å². The first kappa shape index (κ1) is 24.0. The molecule has 2 fully saturated rings. The monoisotopic (exact) mass is 473 g/mol. The molecule has 7 nitrogen and oxygen atoms in total. The molecule has 2 aromatic carbocycles. The Hall–Kier alpha value is -2.74. The quantitative estimate of drug-likeness (QED) is 0.399. The molecule has 2 aliphatic rings. The van der Waals surface area contributed by atoms with Gasteiger partial charge in [0, 0.05) is 86.7 Å². The van der Waals surface area contributed by atoms with Crippen molar-refractivity contribution in [1.82, 2.24) is 20.1 Å². The molecular weight excluding hydrogens is 434 g/mol. The van der Waals surface area contributed by atoms with Gasteiger partial charge in [0.1, 0.15) is 0 Å². The summed E-state index contributed by atoms with van der Waals surface area (Å²) in [6.07, 6.45) is 2.38. The van der Waals surface area contributed by atoms with Gasteiger partial charge in [0.25, 0.3) is 0 Å². The van der Waals surface area contributed by atoms with E-state index in [1.807, 2.05) is 18.2 Å². The molecule has 5 rings (SSSR count). The second-order valence-corrected chi connectivity index (χ2v) is 10.3. The van der Waals surface area contributed by atoms with Crippen LogP contribution in [-0.2, 0) is 0 Å². The van der Waals surface area contributed by atoms with Crippen molar-refractivity contribution >= 4 is 22.3 Å². The average Bonchev–Trinajstić information content (AvgIpc) is 3.33. The number of aromatic nitrogens is 1. The fraction of sp³-hybridized carbons (Fsp3) is 0.500. The van der Waals surface area contributed by atoms with E-state index in [-0.39, 0.29) is 0 Å². The van der Waals surface area contributed by atoms with E-state index in [1.54, 1.807) is 0 Å². The van der Waals surface area contributed by atoms with Crippen molar-refractivity contribution in [3.8, 4) is 11.3 Å². The normalized spacial score (nSPS) is 18.5. The largest absolute Gasteiger partial charge is 0.371 e. The first-order chi connectivity index (χ1) is 17.1. The van der Waals surface area contributed by atoms with Gasteiger partial charge in [-0.15, -0.1) is 0 Å². The van der Waals surface area contributed by atoms with Crippen molar-refractivity contribution in [2.75, 3.05) is 57.3 Å². The zero-order valence-electron chi connectivity index (χ0n) is 21.1. The molecule has 3 N–H and O–H groups in total. The Morgan fingerprint density at radius 1 is 1.00 bits per heavy atom. The molecule has 0 aliphatic carbocycles. The van der Waals surface area contributed by atoms with Crippen LogP contribution in [0.15, 0.2) is 53.6 Å². The van der Waals surface area contributed by atoms with E-state index >= 15 is 0 Å². The number of hydrogen-bond donors (Lipinski definition) is 3. The smallest absolute Gasteiger partial charge is 0.0857 e. The van der Waals surface area contributed by atoms with E-state index in [4.69, 9.17) is 5.53 Å². The van der Waals surface area contributed by atoms with Crippen molar-refractivity contribution in [3.63, 3.8) is 0 Å². The summed E-state index contributed by atoms with van der Waals surface area (Å²) in [6.45, 7) is 13.9. The van der Waals surface area contributed by atoms with Crippen LogP contribution in [0.1, 0.15) is 26.7 Å². The zero-order valence-corrected chi connectivity index (χ0v) is 21.1. The van der Waals surface area contributed by atoms with Gasteiger partial charge in [-0.1, -0.05) is 12.1 Å². The van der Waals surface area contributed by atoms with Crippen LogP contribution >= 0.6 is 0 Å². The highest BCUT2D eigenvalue weighted by molar-refractivity contribution is 5.88. The first-order valence-corrected chi connectivity index (χ1v) is 13.1. The summed E-state index contributed by atoms with van der Waals surface area (Å²) < 4.78 is 0. The van der Waals surface area contributed by atoms with Crippen LogP contribution in [0.25, 0.3) is 22.2 Å². The lowest BCUT2D eigenvalue weighted by atomic mass is 10.0. The lowest BCUT2D eigenvalue weighted by molar-refractivity contribution is 0.108. The third kappa shape index (κ3) is 5.74. The van der Waals surface area contributed by atoms with Gasteiger partial charge in [0.15, 0.2) is 0 Å². The van der Waals surface area contributed by atoms with Crippen molar-refractivity contribution < 1.29 is 0 Å². The van der Waals surface area contributed by atoms with Gasteiger partial charge in [-0.3, -0.25) is 9.80 Å². The Bertz CT molecular complexity index is 1120. The molecule has 0 unspecified atom stereocenters. The molecule has 2 saturated heterocycles. The molecule has 1 aromatic heterocycles. The number of anilines is 1. The predicted molar refractivity (Wildman–Crippen MR) is 145 cm³/mol. The molecule has 35 heavy (non-hydrogen) atoms. The number of H-pyrrole nitrogens is 1. The number of aromatic amines is 1. The number of fused-ring (bicyclic) bond motifs is 1. The Kier molecular flexibility index (Phi) is 7.46. The number of benzene rings is 2. The van der Waals surface area contributed by atoms with E-state index in [2.05, 4.69) is 74.3 Å². The fourth-order valence-corrected chi connectivity index (χ4v) is 5.49. The summed E-state index contributed by atoms with van der Waals surface area (Å²) in [5, 5.41) is 8.47. The summed E-state index contributed by atoms with van der Waals surface area (Å²) in [4.78, 5) is 11.2. The zero-order chi connectivity index (χ0) is 24.2. The van der Waals surface area contributed by atoms with Crippen LogP contribution in [0.5, 0.6) is 0 Å². The van der Waals surface area contributed by atoms with E-state index < -0.39 is 0 Å². The van der Waals surface area contributed by atoms with Crippen LogP contribution in [0.2, 0.25) is 0 Å². The summed E-state index contributed by atoms with van der Waals surface area (Å²) in [7, 11) is 0. The predicted octanol–water partition coefficient (Wildman–Crippen LogP) is 5.08. The van der Waals surface area contributed by atoms with Gasteiger partial charge in [-0.2, -0.15) is 5.11 Å². The number of nitrogens with zero attached hydrogens (tertiary/aromatic N) is 4. The second kappa shape index (κ2) is 10.9. The van der Waals surface area contributed by atoms with Gasteiger partial charge in [-0.05, 0) is 68.7 Å². The third-order valence-electron chi connectivity index (χ3n) is 7.75. The molecule has 7 heteroatoms. The van der Waals surface area contributed by atoms with E-state index in [0.717, 1.165) is 42.8 Å². The maximum absolute atomic E-state index is 7.25. The van der Waals surface area contributed by atoms with Gasteiger partial charge in [0.05, 0.1) is 5.69 Å². The van der Waals surface area contributed by atoms with Crippen LogP contribution in [0.3, 0.4) is 0 Å². The van der Waals surface area contributed by atoms with E-state index in [1.165, 1.54) is 50.3 Å². The number of piperazine rings is 1. The van der Waals surface area contributed by atoms with Crippen molar-refractivity contribution in [1.29, 1.82) is 5.53 Å². The van der Waals surface area contributed by atoms with Crippen molar-refractivity contribution in [2.45, 2.75) is 38.8 Å². The molecule has 0 atom stereocenters. The summed E-state index contributed by atoms with van der Waals surface area (Å²) in [6, 6.07) is 18.1. The minimum Gasteiger partial charge on any atom is -0.371 e. The van der Waals surface area contributed by atoms with Crippen LogP contribution in [0, 0.1) is 5.53 Å². The molecule has 3 aromatic rings.